The summed E-state index contributed by atoms with van der Waals surface area (Å²) in [7, 11) is 1.60. The van der Waals surface area contributed by atoms with Crippen LogP contribution in [0.5, 0.6) is 0 Å². The van der Waals surface area contributed by atoms with Crippen LogP contribution < -0.4 is 11.2 Å². The summed E-state index contributed by atoms with van der Waals surface area (Å²) in [5.74, 6) is 5.82. The van der Waals surface area contributed by atoms with E-state index in [4.69, 9.17) is 10.6 Å². The maximum absolute atomic E-state index is 12.6. The van der Waals surface area contributed by atoms with Crippen molar-refractivity contribution in [2.45, 2.75) is 25.9 Å². The van der Waals surface area contributed by atoms with Crippen LogP contribution in [-0.2, 0) is 9.53 Å². The van der Waals surface area contributed by atoms with Crippen molar-refractivity contribution in [2.24, 2.45) is 5.84 Å². The molecule has 32 heavy (non-hydrogen) atoms. The highest BCUT2D eigenvalue weighted by molar-refractivity contribution is 5.79. The van der Waals surface area contributed by atoms with Crippen LogP contribution in [0.2, 0.25) is 0 Å². The molecular formula is C26H30N4O2. The molecule has 0 fully saturated rings. The first-order valence-electron chi connectivity index (χ1n) is 10.9. The minimum Gasteiger partial charge on any atom is -0.383 e. The maximum Gasteiger partial charge on any atom is 0.236 e. The molecular weight excluding hydrogens is 400 g/mol. The highest BCUT2D eigenvalue weighted by atomic mass is 16.5. The molecule has 0 spiro atoms. The Kier molecular flexibility index (Phi) is 6.73. The number of carbonyl (C=O) groups is 1. The average molecular weight is 431 g/mol. The molecule has 0 saturated heterocycles. The van der Waals surface area contributed by atoms with Gasteiger partial charge in [0.15, 0.2) is 0 Å². The Hall–Kier alpha value is -3.35. The molecule has 2 aromatic carbocycles. The average Bonchev–Trinajstić information content (AvgIpc) is 3.19. The number of amides is 1. The summed E-state index contributed by atoms with van der Waals surface area (Å²) in [5, 5.41) is 4.88. The Morgan fingerprint density at radius 2 is 1.88 bits per heavy atom. The van der Waals surface area contributed by atoms with Crippen LogP contribution >= 0.6 is 0 Å². The van der Waals surface area contributed by atoms with Crippen LogP contribution in [0.25, 0.3) is 11.3 Å². The van der Waals surface area contributed by atoms with Gasteiger partial charge in [-0.1, -0.05) is 66.2 Å². The van der Waals surface area contributed by atoms with Gasteiger partial charge in [0, 0.05) is 25.4 Å². The zero-order valence-electron chi connectivity index (χ0n) is 18.6. The van der Waals surface area contributed by atoms with E-state index in [0.717, 1.165) is 28.1 Å². The summed E-state index contributed by atoms with van der Waals surface area (Å²) in [6.07, 6.45) is 7.41. The standard InChI is InChI=1S/C26H30N4O2/c1-19-8-10-21(11-9-19)26-23(13-15-25(31)30(27)16-17-32-2)29-18-22(12-14-24(29)28-26)20-6-4-3-5-7-20/h3-12,14,18,24,28H,13,15-17,27H2,1-2H3. The van der Waals surface area contributed by atoms with Crippen molar-refractivity contribution in [2.75, 3.05) is 20.3 Å². The lowest BCUT2D eigenvalue weighted by atomic mass is 10.0. The smallest absolute Gasteiger partial charge is 0.236 e. The number of nitrogens with zero attached hydrogens (tertiary/aromatic N) is 2. The number of aryl methyl sites for hydroxylation is 1. The normalized spacial score (nSPS) is 17.2. The van der Waals surface area contributed by atoms with Gasteiger partial charge in [0.2, 0.25) is 5.91 Å². The zero-order chi connectivity index (χ0) is 22.5. The Bertz CT molecular complexity index is 1040. The molecule has 1 unspecified atom stereocenters. The molecule has 0 saturated carbocycles. The van der Waals surface area contributed by atoms with Crippen molar-refractivity contribution in [1.82, 2.24) is 15.2 Å². The summed E-state index contributed by atoms with van der Waals surface area (Å²) >= 11 is 0. The first-order chi connectivity index (χ1) is 15.6. The van der Waals surface area contributed by atoms with Crippen LogP contribution in [0.15, 0.2) is 78.6 Å². The molecule has 6 heteroatoms. The fourth-order valence-electron chi connectivity index (χ4n) is 3.99. The molecule has 6 nitrogen and oxygen atoms in total. The van der Waals surface area contributed by atoms with Crippen LogP contribution in [0.1, 0.15) is 29.5 Å². The number of allylic oxidation sites excluding steroid dienone is 3. The predicted molar refractivity (Wildman–Crippen MR) is 127 cm³/mol. The SMILES string of the molecule is COCCN(N)C(=O)CCC1=C(c2ccc(C)cc2)NC2C=CC(c3ccccc3)=CN12. The number of hydrogen-bond acceptors (Lipinski definition) is 5. The maximum atomic E-state index is 12.6. The number of ether oxygens (including phenoxy) is 1. The number of rotatable bonds is 8. The molecule has 166 valence electrons. The minimum atomic E-state index is -0.0962. The molecule has 2 heterocycles. The van der Waals surface area contributed by atoms with E-state index in [1.165, 1.54) is 10.6 Å². The van der Waals surface area contributed by atoms with Crippen LogP contribution in [0.4, 0.5) is 0 Å². The lowest BCUT2D eigenvalue weighted by molar-refractivity contribution is -0.132. The molecule has 1 atom stereocenters. The van der Waals surface area contributed by atoms with Crippen molar-refractivity contribution < 1.29 is 9.53 Å². The molecule has 2 aromatic rings. The van der Waals surface area contributed by atoms with E-state index in [9.17, 15) is 4.79 Å². The van der Waals surface area contributed by atoms with E-state index in [1.807, 2.05) is 18.2 Å². The number of methoxy groups -OCH3 is 1. The third kappa shape index (κ3) is 4.77. The number of carbonyl (C=O) groups excluding carboxylic acids is 1. The number of hydrogen-bond donors (Lipinski definition) is 2. The number of nitrogens with one attached hydrogen (secondary N) is 1. The van der Waals surface area contributed by atoms with Crippen molar-refractivity contribution in [3.8, 4) is 0 Å². The van der Waals surface area contributed by atoms with E-state index in [2.05, 4.69) is 71.9 Å². The van der Waals surface area contributed by atoms with E-state index in [0.29, 0.717) is 26.0 Å². The third-order valence-electron chi connectivity index (χ3n) is 5.81. The van der Waals surface area contributed by atoms with E-state index in [1.54, 1.807) is 7.11 Å². The highest BCUT2D eigenvalue weighted by Crippen LogP contribution is 2.35. The van der Waals surface area contributed by atoms with Gasteiger partial charge in [0.25, 0.3) is 0 Å². The van der Waals surface area contributed by atoms with Gasteiger partial charge in [-0.2, -0.15) is 0 Å². The van der Waals surface area contributed by atoms with Gasteiger partial charge in [0.05, 0.1) is 18.8 Å². The second-order valence-electron chi connectivity index (χ2n) is 8.07. The molecule has 0 radical (unpaired) electrons. The first kappa shape index (κ1) is 21.9. The van der Waals surface area contributed by atoms with Gasteiger partial charge in [-0.05, 0) is 36.1 Å². The summed E-state index contributed by atoms with van der Waals surface area (Å²) in [6, 6.07) is 18.8. The lowest BCUT2D eigenvalue weighted by Gasteiger charge is -2.28. The van der Waals surface area contributed by atoms with Crippen LogP contribution in [0.3, 0.4) is 0 Å². The molecule has 1 amide bonds. The number of hydrazine groups is 1. The molecule has 4 rings (SSSR count). The fourth-order valence-corrected chi connectivity index (χ4v) is 3.99. The van der Waals surface area contributed by atoms with Gasteiger partial charge < -0.3 is 15.0 Å². The fraction of sp³-hybridized carbons (Fsp3) is 0.269. The Morgan fingerprint density at radius 1 is 1.12 bits per heavy atom. The summed E-state index contributed by atoms with van der Waals surface area (Å²) in [4.78, 5) is 14.8. The number of fused-ring (bicyclic) bond motifs is 1. The summed E-state index contributed by atoms with van der Waals surface area (Å²) in [5.41, 5.74) is 6.76. The van der Waals surface area contributed by atoms with Gasteiger partial charge in [-0.25, -0.2) is 5.84 Å². The second kappa shape index (κ2) is 9.85. The Labute approximate surface area is 189 Å². The van der Waals surface area contributed by atoms with Gasteiger partial charge in [-0.3, -0.25) is 9.80 Å². The summed E-state index contributed by atoms with van der Waals surface area (Å²) in [6.45, 7) is 2.88. The lowest BCUT2D eigenvalue weighted by Crippen LogP contribution is -2.40. The van der Waals surface area contributed by atoms with Gasteiger partial charge in [-0.15, -0.1) is 0 Å². The monoisotopic (exact) mass is 430 g/mol. The quantitative estimate of drug-likeness (QED) is 0.380. The van der Waals surface area contributed by atoms with Crippen molar-refractivity contribution in [3.63, 3.8) is 0 Å². The topological polar surface area (TPSA) is 70.8 Å². The van der Waals surface area contributed by atoms with Crippen LogP contribution in [0, 0.1) is 6.92 Å². The van der Waals surface area contributed by atoms with Crippen molar-refractivity contribution in [1.29, 1.82) is 0 Å². The molecule has 0 aromatic heterocycles. The molecule has 3 N–H and O–H groups in total. The largest absolute Gasteiger partial charge is 0.383 e. The third-order valence-corrected chi connectivity index (χ3v) is 5.81. The number of nitrogens with two attached hydrogens (primary N) is 1. The summed E-state index contributed by atoms with van der Waals surface area (Å²) < 4.78 is 5.03. The zero-order valence-corrected chi connectivity index (χ0v) is 18.6. The van der Waals surface area contributed by atoms with E-state index >= 15 is 0 Å². The van der Waals surface area contributed by atoms with Crippen molar-refractivity contribution in [3.05, 3.63) is 95.3 Å². The number of benzene rings is 2. The Morgan fingerprint density at radius 3 is 2.59 bits per heavy atom. The second-order valence-corrected chi connectivity index (χ2v) is 8.07. The predicted octanol–water partition coefficient (Wildman–Crippen LogP) is 3.63. The molecule has 2 aliphatic rings. The molecule has 0 bridgehead atoms. The van der Waals surface area contributed by atoms with Gasteiger partial charge in [0.1, 0.15) is 6.17 Å². The van der Waals surface area contributed by atoms with Gasteiger partial charge >= 0.3 is 0 Å². The molecule has 0 aliphatic carbocycles. The molecule has 2 aliphatic heterocycles. The van der Waals surface area contributed by atoms with Crippen LogP contribution in [-0.4, -0.2) is 42.2 Å². The Balaban J connectivity index is 1.62. The van der Waals surface area contributed by atoms with E-state index in [-0.39, 0.29) is 12.1 Å². The highest BCUT2D eigenvalue weighted by Gasteiger charge is 2.31. The first-order valence-corrected chi connectivity index (χ1v) is 10.9. The van der Waals surface area contributed by atoms with Crippen molar-refractivity contribution >= 4 is 17.2 Å². The van der Waals surface area contributed by atoms with E-state index < -0.39 is 0 Å². The minimum absolute atomic E-state index is 0.0198.